The number of nitrogens with one attached hydrogen (secondary N) is 1. The third-order valence-electron chi connectivity index (χ3n) is 3.49. The van der Waals surface area contributed by atoms with Crippen LogP contribution in [0.4, 0.5) is 15.8 Å². The van der Waals surface area contributed by atoms with Gasteiger partial charge in [0.1, 0.15) is 11.9 Å². The van der Waals surface area contributed by atoms with Crippen LogP contribution in [0.15, 0.2) is 12.1 Å². The molecule has 1 saturated heterocycles. The molecule has 4 nitrogen and oxygen atoms in total. The van der Waals surface area contributed by atoms with E-state index in [2.05, 4.69) is 5.32 Å². The summed E-state index contributed by atoms with van der Waals surface area (Å²) in [4.78, 5) is 14.0. The van der Waals surface area contributed by atoms with Crippen molar-refractivity contribution < 1.29 is 9.18 Å². The van der Waals surface area contributed by atoms with Crippen LogP contribution in [0.2, 0.25) is 0 Å². The van der Waals surface area contributed by atoms with Gasteiger partial charge in [-0.3, -0.25) is 4.79 Å². The van der Waals surface area contributed by atoms with E-state index in [1.165, 1.54) is 6.07 Å². The molecular weight excluding hydrogens is 245 g/mol. The first kappa shape index (κ1) is 13.6. The average Bonchev–Trinajstić information content (AvgIpc) is 2.88. The first-order valence-corrected chi connectivity index (χ1v) is 6.60. The Morgan fingerprint density at radius 2 is 2.05 bits per heavy atom. The van der Waals surface area contributed by atoms with Crippen LogP contribution in [0, 0.1) is 12.7 Å². The molecule has 1 atom stereocenters. The molecule has 0 aromatic heterocycles. The fraction of sp³-hybridized carbons (Fsp3) is 0.500. The molecular formula is C14H20FN3O. The lowest BCUT2D eigenvalue weighted by Crippen LogP contribution is -2.39. The van der Waals surface area contributed by atoms with E-state index in [4.69, 9.17) is 5.73 Å². The number of aryl methyl sites for hydroxylation is 1. The summed E-state index contributed by atoms with van der Waals surface area (Å²) in [5.74, 6) is -0.263. The lowest BCUT2D eigenvalue weighted by atomic mass is 10.1. The summed E-state index contributed by atoms with van der Waals surface area (Å²) in [5.41, 5.74) is 7.21. The van der Waals surface area contributed by atoms with Gasteiger partial charge in [0.15, 0.2) is 0 Å². The van der Waals surface area contributed by atoms with Crippen molar-refractivity contribution in [3.8, 4) is 0 Å². The van der Waals surface area contributed by atoms with Crippen LogP contribution in [0.5, 0.6) is 0 Å². The van der Waals surface area contributed by atoms with Crippen molar-refractivity contribution in [3.05, 3.63) is 23.5 Å². The van der Waals surface area contributed by atoms with Crippen LogP contribution in [-0.4, -0.2) is 29.9 Å². The lowest BCUT2D eigenvalue weighted by Gasteiger charge is -2.22. The highest BCUT2D eigenvalue weighted by Gasteiger charge is 2.23. The highest BCUT2D eigenvalue weighted by molar-refractivity contribution is 5.85. The number of carbonyl (C=O) groups is 1. The van der Waals surface area contributed by atoms with Crippen LogP contribution in [0.25, 0.3) is 0 Å². The molecule has 0 radical (unpaired) electrons. The Bertz CT molecular complexity index is 484. The molecule has 0 aliphatic carbocycles. The SMILES string of the molecule is Cc1cc(NC(C)C(=O)N2CCCC2)c(N)cc1F. The molecule has 3 N–H and O–H groups in total. The molecule has 1 amide bonds. The first-order valence-electron chi connectivity index (χ1n) is 6.60. The van der Waals surface area contributed by atoms with E-state index >= 15 is 0 Å². The van der Waals surface area contributed by atoms with Gasteiger partial charge in [0.2, 0.25) is 5.91 Å². The summed E-state index contributed by atoms with van der Waals surface area (Å²) < 4.78 is 13.3. The van der Waals surface area contributed by atoms with Gasteiger partial charge in [0, 0.05) is 13.1 Å². The van der Waals surface area contributed by atoms with Crippen LogP contribution < -0.4 is 11.1 Å². The van der Waals surface area contributed by atoms with Crippen molar-refractivity contribution in [3.63, 3.8) is 0 Å². The lowest BCUT2D eigenvalue weighted by molar-refractivity contribution is -0.130. The number of nitrogen functional groups attached to an aromatic ring is 1. The van der Waals surface area contributed by atoms with E-state index in [0.717, 1.165) is 25.9 Å². The number of rotatable bonds is 3. The zero-order valence-electron chi connectivity index (χ0n) is 11.4. The van der Waals surface area contributed by atoms with Crippen molar-refractivity contribution in [2.24, 2.45) is 0 Å². The quantitative estimate of drug-likeness (QED) is 0.823. The number of halogens is 1. The highest BCUT2D eigenvalue weighted by Crippen LogP contribution is 2.23. The zero-order valence-corrected chi connectivity index (χ0v) is 11.4. The summed E-state index contributed by atoms with van der Waals surface area (Å²) in [7, 11) is 0. The molecule has 0 saturated carbocycles. The van der Waals surface area contributed by atoms with Crippen molar-refractivity contribution in [2.45, 2.75) is 32.7 Å². The average molecular weight is 265 g/mol. The van der Waals surface area contributed by atoms with Gasteiger partial charge in [-0.2, -0.15) is 0 Å². The predicted molar refractivity (Wildman–Crippen MR) is 74.4 cm³/mol. The van der Waals surface area contributed by atoms with Gasteiger partial charge in [0.25, 0.3) is 0 Å². The minimum Gasteiger partial charge on any atom is -0.397 e. The highest BCUT2D eigenvalue weighted by atomic mass is 19.1. The van der Waals surface area contributed by atoms with Gasteiger partial charge >= 0.3 is 0 Å². The van der Waals surface area contributed by atoms with Crippen LogP contribution in [0.3, 0.4) is 0 Å². The minimum absolute atomic E-state index is 0.0684. The fourth-order valence-corrected chi connectivity index (χ4v) is 2.33. The third-order valence-corrected chi connectivity index (χ3v) is 3.49. The molecule has 1 aliphatic rings. The Kier molecular flexibility index (Phi) is 3.93. The predicted octanol–water partition coefficient (Wildman–Crippen LogP) is 2.14. The Hall–Kier alpha value is -1.78. The van der Waals surface area contributed by atoms with Crippen LogP contribution >= 0.6 is 0 Å². The van der Waals surface area contributed by atoms with E-state index in [9.17, 15) is 9.18 Å². The topological polar surface area (TPSA) is 58.4 Å². The largest absolute Gasteiger partial charge is 0.397 e. The van der Waals surface area contributed by atoms with Crippen molar-refractivity contribution >= 4 is 17.3 Å². The molecule has 5 heteroatoms. The first-order chi connectivity index (χ1) is 8.99. The van der Waals surface area contributed by atoms with E-state index in [1.807, 2.05) is 4.90 Å². The van der Waals surface area contributed by atoms with Gasteiger partial charge in [0.05, 0.1) is 11.4 Å². The standard InChI is InChI=1S/C14H20FN3O/c1-9-7-13(12(16)8-11(9)15)17-10(2)14(19)18-5-3-4-6-18/h7-8,10,17H,3-6,16H2,1-2H3. The number of nitrogens with two attached hydrogens (primary N) is 1. The Balaban J connectivity index is 2.08. The van der Waals surface area contributed by atoms with Gasteiger partial charge in [-0.25, -0.2) is 4.39 Å². The Morgan fingerprint density at radius 3 is 2.68 bits per heavy atom. The summed E-state index contributed by atoms with van der Waals surface area (Å²) in [6.45, 7) is 5.12. The van der Waals surface area contributed by atoms with Gasteiger partial charge in [-0.1, -0.05) is 0 Å². The van der Waals surface area contributed by atoms with E-state index < -0.39 is 0 Å². The van der Waals surface area contributed by atoms with Gasteiger partial charge < -0.3 is 16.0 Å². The molecule has 0 spiro atoms. The second-order valence-corrected chi connectivity index (χ2v) is 5.09. The number of likely N-dealkylation sites (tertiary alicyclic amines) is 1. The smallest absolute Gasteiger partial charge is 0.244 e. The number of carbonyl (C=O) groups excluding carboxylic acids is 1. The van der Waals surface area contributed by atoms with Gasteiger partial charge in [-0.05, 0) is 44.4 Å². The number of hydrogen-bond donors (Lipinski definition) is 2. The molecule has 0 bridgehead atoms. The van der Waals surface area contributed by atoms with Crippen molar-refractivity contribution in [2.75, 3.05) is 24.1 Å². The third kappa shape index (κ3) is 2.97. The van der Waals surface area contributed by atoms with Crippen molar-refractivity contribution in [1.82, 2.24) is 4.90 Å². The minimum atomic E-state index is -0.356. The maximum atomic E-state index is 13.3. The molecule has 19 heavy (non-hydrogen) atoms. The molecule has 1 fully saturated rings. The number of nitrogens with zero attached hydrogens (tertiary/aromatic N) is 1. The van der Waals surface area contributed by atoms with E-state index in [-0.39, 0.29) is 17.8 Å². The second-order valence-electron chi connectivity index (χ2n) is 5.09. The molecule has 2 rings (SSSR count). The summed E-state index contributed by atoms with van der Waals surface area (Å²) in [6.07, 6.45) is 2.13. The monoisotopic (exact) mass is 265 g/mol. The fourth-order valence-electron chi connectivity index (χ4n) is 2.33. The molecule has 1 aliphatic heterocycles. The Labute approximate surface area is 112 Å². The zero-order chi connectivity index (χ0) is 14.0. The van der Waals surface area contributed by atoms with Crippen LogP contribution in [0.1, 0.15) is 25.3 Å². The Morgan fingerprint density at radius 1 is 1.42 bits per heavy atom. The molecule has 1 unspecified atom stereocenters. The molecule has 1 heterocycles. The number of hydrogen-bond acceptors (Lipinski definition) is 3. The maximum absolute atomic E-state index is 13.3. The van der Waals surface area contributed by atoms with E-state index in [0.29, 0.717) is 16.9 Å². The van der Waals surface area contributed by atoms with Gasteiger partial charge in [-0.15, -0.1) is 0 Å². The normalized spacial score (nSPS) is 16.5. The number of anilines is 2. The second kappa shape index (κ2) is 5.47. The summed E-state index contributed by atoms with van der Waals surface area (Å²) in [5, 5.41) is 3.07. The molecule has 1 aromatic carbocycles. The van der Waals surface area contributed by atoms with Crippen molar-refractivity contribution in [1.29, 1.82) is 0 Å². The number of benzene rings is 1. The summed E-state index contributed by atoms with van der Waals surface area (Å²) >= 11 is 0. The molecule has 104 valence electrons. The van der Waals surface area contributed by atoms with Crippen LogP contribution in [-0.2, 0) is 4.79 Å². The molecule has 1 aromatic rings. The number of amides is 1. The van der Waals surface area contributed by atoms with E-state index in [1.54, 1.807) is 19.9 Å². The maximum Gasteiger partial charge on any atom is 0.244 e. The summed E-state index contributed by atoms with van der Waals surface area (Å²) in [6, 6.07) is 2.56.